The summed E-state index contributed by atoms with van der Waals surface area (Å²) in [5.74, 6) is -0.349. The van der Waals surface area contributed by atoms with Crippen LogP contribution < -0.4 is 11.5 Å². The van der Waals surface area contributed by atoms with Gasteiger partial charge in [-0.15, -0.1) is 0 Å². The SMILES string of the molecule is CC(C)=CCn1c(=O)oc2cc(N)ccc21. The van der Waals surface area contributed by atoms with Crippen LogP contribution in [0.5, 0.6) is 0 Å². The van der Waals surface area contributed by atoms with Crippen molar-refractivity contribution in [3.05, 3.63) is 40.4 Å². The lowest BCUT2D eigenvalue weighted by Crippen LogP contribution is -2.12. The molecule has 0 fully saturated rings. The van der Waals surface area contributed by atoms with Gasteiger partial charge in [-0.1, -0.05) is 11.6 Å². The number of fused-ring (bicyclic) bond motifs is 1. The molecule has 0 atom stereocenters. The van der Waals surface area contributed by atoms with E-state index in [-0.39, 0.29) is 5.76 Å². The molecule has 0 bridgehead atoms. The van der Waals surface area contributed by atoms with E-state index in [1.54, 1.807) is 22.8 Å². The lowest BCUT2D eigenvalue weighted by Gasteiger charge is -1.98. The molecule has 1 aromatic carbocycles. The Hall–Kier alpha value is -1.97. The minimum absolute atomic E-state index is 0.349. The van der Waals surface area contributed by atoms with Gasteiger partial charge in [-0.05, 0) is 26.0 Å². The smallest absolute Gasteiger partial charge is 0.408 e. The Kier molecular flexibility index (Phi) is 2.56. The number of hydrogen-bond donors (Lipinski definition) is 1. The number of benzene rings is 1. The quantitative estimate of drug-likeness (QED) is 0.620. The number of oxazole rings is 1. The fraction of sp³-hybridized carbons (Fsp3) is 0.250. The van der Waals surface area contributed by atoms with E-state index in [0.29, 0.717) is 17.8 Å². The van der Waals surface area contributed by atoms with Crippen molar-refractivity contribution in [1.82, 2.24) is 4.57 Å². The van der Waals surface area contributed by atoms with Gasteiger partial charge in [0.15, 0.2) is 5.58 Å². The number of rotatable bonds is 2. The number of nitrogen functional groups attached to an aromatic ring is 1. The Morgan fingerprint density at radius 3 is 2.94 bits per heavy atom. The second-order valence-electron chi connectivity index (χ2n) is 3.99. The van der Waals surface area contributed by atoms with E-state index in [2.05, 4.69) is 0 Å². The van der Waals surface area contributed by atoms with Crippen LogP contribution in [-0.2, 0) is 6.54 Å². The van der Waals surface area contributed by atoms with E-state index in [1.807, 2.05) is 19.9 Å². The Morgan fingerprint density at radius 2 is 2.25 bits per heavy atom. The van der Waals surface area contributed by atoms with Gasteiger partial charge in [-0.3, -0.25) is 4.57 Å². The number of nitrogens with two attached hydrogens (primary N) is 1. The molecule has 1 heterocycles. The highest BCUT2D eigenvalue weighted by atomic mass is 16.4. The molecule has 84 valence electrons. The van der Waals surface area contributed by atoms with E-state index in [9.17, 15) is 4.79 Å². The first-order valence-electron chi connectivity index (χ1n) is 5.10. The molecule has 0 radical (unpaired) electrons. The van der Waals surface area contributed by atoms with E-state index in [0.717, 1.165) is 11.1 Å². The predicted octanol–water partition coefficient (Wildman–Crippen LogP) is 2.14. The summed E-state index contributed by atoms with van der Waals surface area (Å²) >= 11 is 0. The number of nitrogens with zero attached hydrogens (tertiary/aromatic N) is 1. The van der Waals surface area contributed by atoms with Gasteiger partial charge in [-0.25, -0.2) is 4.79 Å². The first-order valence-corrected chi connectivity index (χ1v) is 5.10. The van der Waals surface area contributed by atoms with E-state index >= 15 is 0 Å². The van der Waals surface area contributed by atoms with Gasteiger partial charge in [0.1, 0.15) is 0 Å². The standard InChI is InChI=1S/C12H14N2O2/c1-8(2)5-6-14-10-4-3-9(13)7-11(10)16-12(14)15/h3-5,7H,6,13H2,1-2H3. The third kappa shape index (κ3) is 1.86. The van der Waals surface area contributed by atoms with Crippen LogP contribution in [0.15, 0.2) is 39.1 Å². The number of aromatic nitrogens is 1. The Morgan fingerprint density at radius 1 is 1.50 bits per heavy atom. The van der Waals surface area contributed by atoms with Gasteiger partial charge in [0.05, 0.1) is 5.52 Å². The highest BCUT2D eigenvalue weighted by Crippen LogP contribution is 2.16. The normalized spacial score (nSPS) is 10.6. The van der Waals surface area contributed by atoms with Crippen molar-refractivity contribution < 1.29 is 4.42 Å². The molecule has 4 nitrogen and oxygen atoms in total. The van der Waals surface area contributed by atoms with Crippen LogP contribution in [-0.4, -0.2) is 4.57 Å². The fourth-order valence-electron chi connectivity index (χ4n) is 1.53. The molecule has 4 heteroatoms. The van der Waals surface area contributed by atoms with Crippen molar-refractivity contribution >= 4 is 16.8 Å². The molecule has 0 unspecified atom stereocenters. The van der Waals surface area contributed by atoms with E-state index in [1.165, 1.54) is 0 Å². The Bertz CT molecular complexity index is 601. The molecule has 2 N–H and O–H groups in total. The highest BCUT2D eigenvalue weighted by Gasteiger charge is 2.07. The summed E-state index contributed by atoms with van der Waals surface area (Å²) in [5.41, 5.74) is 8.69. The van der Waals surface area contributed by atoms with Crippen LogP contribution in [0.2, 0.25) is 0 Å². The highest BCUT2D eigenvalue weighted by molar-refractivity contribution is 5.76. The second kappa shape index (κ2) is 3.89. The van der Waals surface area contributed by atoms with Crippen molar-refractivity contribution in [1.29, 1.82) is 0 Å². The average Bonchev–Trinajstić information content (AvgIpc) is 2.50. The van der Waals surface area contributed by atoms with Gasteiger partial charge >= 0.3 is 5.76 Å². The van der Waals surface area contributed by atoms with Crippen LogP contribution in [0.25, 0.3) is 11.1 Å². The molecule has 0 saturated heterocycles. The maximum absolute atomic E-state index is 11.6. The predicted molar refractivity (Wildman–Crippen MR) is 64.3 cm³/mol. The van der Waals surface area contributed by atoms with Gasteiger partial charge in [0.25, 0.3) is 0 Å². The minimum atomic E-state index is -0.349. The van der Waals surface area contributed by atoms with Crippen molar-refractivity contribution in [3.63, 3.8) is 0 Å². The molecule has 0 saturated carbocycles. The molecule has 0 amide bonds. The van der Waals surface area contributed by atoms with Crippen LogP contribution in [0.3, 0.4) is 0 Å². The van der Waals surface area contributed by atoms with Gasteiger partial charge < -0.3 is 10.2 Å². The summed E-state index contributed by atoms with van der Waals surface area (Å²) in [6, 6.07) is 5.22. The van der Waals surface area contributed by atoms with Gasteiger partial charge in [0.2, 0.25) is 0 Å². The molecule has 2 rings (SSSR count). The van der Waals surface area contributed by atoms with Crippen LogP contribution >= 0.6 is 0 Å². The monoisotopic (exact) mass is 218 g/mol. The summed E-state index contributed by atoms with van der Waals surface area (Å²) in [6.45, 7) is 4.51. The maximum Gasteiger partial charge on any atom is 0.420 e. The zero-order valence-corrected chi connectivity index (χ0v) is 9.36. The molecule has 1 aromatic heterocycles. The largest absolute Gasteiger partial charge is 0.420 e. The number of hydrogen-bond acceptors (Lipinski definition) is 3. The fourth-order valence-corrected chi connectivity index (χ4v) is 1.53. The zero-order chi connectivity index (χ0) is 11.7. The summed E-state index contributed by atoms with van der Waals surface area (Å²) in [5, 5.41) is 0. The topological polar surface area (TPSA) is 61.2 Å². The van der Waals surface area contributed by atoms with Crippen molar-refractivity contribution in [2.45, 2.75) is 20.4 Å². The molecular weight excluding hydrogens is 204 g/mol. The van der Waals surface area contributed by atoms with E-state index in [4.69, 9.17) is 10.2 Å². The van der Waals surface area contributed by atoms with Crippen molar-refractivity contribution in [2.75, 3.05) is 5.73 Å². The Balaban J connectivity index is 2.56. The number of allylic oxidation sites excluding steroid dienone is 2. The second-order valence-corrected chi connectivity index (χ2v) is 3.99. The average molecular weight is 218 g/mol. The number of anilines is 1. The Labute approximate surface area is 93.0 Å². The third-order valence-corrected chi connectivity index (χ3v) is 2.37. The first kappa shape index (κ1) is 10.5. The molecule has 2 aromatic rings. The minimum Gasteiger partial charge on any atom is -0.408 e. The van der Waals surface area contributed by atoms with Crippen molar-refractivity contribution in [3.8, 4) is 0 Å². The summed E-state index contributed by atoms with van der Waals surface area (Å²) < 4.78 is 6.70. The summed E-state index contributed by atoms with van der Waals surface area (Å²) in [6.07, 6.45) is 1.98. The molecule has 0 spiro atoms. The van der Waals surface area contributed by atoms with Crippen LogP contribution in [0, 0.1) is 0 Å². The maximum atomic E-state index is 11.6. The van der Waals surface area contributed by atoms with Crippen molar-refractivity contribution in [2.24, 2.45) is 0 Å². The van der Waals surface area contributed by atoms with Gasteiger partial charge in [-0.2, -0.15) is 0 Å². The molecular formula is C12H14N2O2. The molecule has 16 heavy (non-hydrogen) atoms. The molecule has 0 aliphatic rings. The first-order chi connectivity index (χ1) is 7.58. The summed E-state index contributed by atoms with van der Waals surface area (Å²) in [7, 11) is 0. The molecule has 0 aliphatic heterocycles. The van der Waals surface area contributed by atoms with Crippen LogP contribution in [0.1, 0.15) is 13.8 Å². The summed E-state index contributed by atoms with van der Waals surface area (Å²) in [4.78, 5) is 11.6. The van der Waals surface area contributed by atoms with E-state index < -0.39 is 0 Å². The van der Waals surface area contributed by atoms with Crippen LogP contribution in [0.4, 0.5) is 5.69 Å². The lowest BCUT2D eigenvalue weighted by atomic mass is 10.3. The molecule has 0 aliphatic carbocycles. The third-order valence-electron chi connectivity index (χ3n) is 2.37. The lowest BCUT2D eigenvalue weighted by molar-refractivity contribution is 0.519. The zero-order valence-electron chi connectivity index (χ0n) is 9.36. The van der Waals surface area contributed by atoms with Gasteiger partial charge in [0, 0.05) is 18.3 Å².